The van der Waals surface area contributed by atoms with Gasteiger partial charge in [0.1, 0.15) is 5.75 Å². The largest absolute Gasteiger partial charge is 0.423 e. The van der Waals surface area contributed by atoms with E-state index in [1.165, 1.54) is 0 Å². The van der Waals surface area contributed by atoms with Crippen LogP contribution in [0.1, 0.15) is 17.1 Å². The molecule has 0 unspecified atom stereocenters. The van der Waals surface area contributed by atoms with Crippen LogP contribution < -0.4 is 10.5 Å². The molecule has 2 N–H and O–H groups in total. The van der Waals surface area contributed by atoms with Crippen LogP contribution >= 0.6 is 0 Å². The van der Waals surface area contributed by atoms with Gasteiger partial charge in [-0.1, -0.05) is 0 Å². The fourth-order valence-electron chi connectivity index (χ4n) is 1.37. The number of nitrogens with zero attached hydrogens (tertiary/aromatic N) is 3. The van der Waals surface area contributed by atoms with E-state index in [1.54, 1.807) is 6.20 Å². The zero-order valence-electron chi connectivity index (χ0n) is 9.84. The van der Waals surface area contributed by atoms with Crippen molar-refractivity contribution in [3.05, 3.63) is 41.5 Å². The zero-order valence-corrected chi connectivity index (χ0v) is 9.84. The van der Waals surface area contributed by atoms with Gasteiger partial charge in [-0.05, 0) is 32.0 Å². The molecule has 0 bridgehead atoms. The summed E-state index contributed by atoms with van der Waals surface area (Å²) in [6.07, 6.45) is 1.64. The molecule has 0 aliphatic carbocycles. The Morgan fingerprint density at radius 1 is 1.18 bits per heavy atom. The lowest BCUT2D eigenvalue weighted by molar-refractivity contribution is 0.436. The lowest BCUT2D eigenvalue weighted by Gasteiger charge is -2.06. The van der Waals surface area contributed by atoms with Crippen LogP contribution in [0.15, 0.2) is 24.4 Å². The van der Waals surface area contributed by atoms with Crippen molar-refractivity contribution < 1.29 is 4.74 Å². The van der Waals surface area contributed by atoms with E-state index < -0.39 is 0 Å². The van der Waals surface area contributed by atoms with Crippen LogP contribution in [0.2, 0.25) is 0 Å². The molecule has 17 heavy (non-hydrogen) atoms. The summed E-state index contributed by atoms with van der Waals surface area (Å²) in [6, 6.07) is 5.84. The molecule has 88 valence electrons. The lowest BCUT2D eigenvalue weighted by Crippen LogP contribution is -2.03. The first-order valence-corrected chi connectivity index (χ1v) is 5.32. The van der Waals surface area contributed by atoms with E-state index in [9.17, 15) is 0 Å². The maximum Gasteiger partial charge on any atom is 0.322 e. The fraction of sp³-hybridized carbons (Fsp3) is 0.250. The van der Waals surface area contributed by atoms with Gasteiger partial charge in [-0.25, -0.2) is 4.98 Å². The highest BCUT2D eigenvalue weighted by Crippen LogP contribution is 2.17. The maximum atomic E-state index is 5.54. The number of hydrogen-bond acceptors (Lipinski definition) is 5. The van der Waals surface area contributed by atoms with Gasteiger partial charge in [-0.2, -0.15) is 4.98 Å². The van der Waals surface area contributed by atoms with Crippen LogP contribution in [0.5, 0.6) is 11.8 Å². The van der Waals surface area contributed by atoms with Gasteiger partial charge in [-0.15, -0.1) is 0 Å². The number of hydrogen-bond donors (Lipinski definition) is 1. The van der Waals surface area contributed by atoms with Crippen molar-refractivity contribution in [2.45, 2.75) is 20.4 Å². The average molecular weight is 230 g/mol. The number of pyridine rings is 1. The normalized spacial score (nSPS) is 10.3. The van der Waals surface area contributed by atoms with E-state index in [4.69, 9.17) is 10.5 Å². The predicted molar refractivity (Wildman–Crippen MR) is 63.7 cm³/mol. The first-order valence-electron chi connectivity index (χ1n) is 5.32. The monoisotopic (exact) mass is 230 g/mol. The molecule has 0 spiro atoms. The summed E-state index contributed by atoms with van der Waals surface area (Å²) in [5, 5.41) is 0. The minimum atomic E-state index is 0.302. The number of rotatable bonds is 3. The number of nitrogens with two attached hydrogens (primary N) is 1. The second-order valence-corrected chi connectivity index (χ2v) is 3.72. The molecule has 0 atom stereocenters. The van der Waals surface area contributed by atoms with Crippen LogP contribution in [-0.4, -0.2) is 15.0 Å². The molecule has 2 heterocycles. The van der Waals surface area contributed by atoms with Crippen molar-refractivity contribution in [1.82, 2.24) is 15.0 Å². The van der Waals surface area contributed by atoms with Crippen LogP contribution in [-0.2, 0) is 6.54 Å². The Morgan fingerprint density at radius 3 is 2.65 bits per heavy atom. The number of ether oxygens (including phenoxy) is 1. The molecule has 0 saturated heterocycles. The van der Waals surface area contributed by atoms with E-state index >= 15 is 0 Å². The molecule has 0 radical (unpaired) electrons. The third-order valence-corrected chi connectivity index (χ3v) is 2.19. The quantitative estimate of drug-likeness (QED) is 0.869. The molecular weight excluding hydrogens is 216 g/mol. The summed E-state index contributed by atoms with van der Waals surface area (Å²) < 4.78 is 5.52. The van der Waals surface area contributed by atoms with Gasteiger partial charge in [-0.3, -0.25) is 4.98 Å². The molecule has 0 aliphatic heterocycles. The smallest absolute Gasteiger partial charge is 0.322 e. The van der Waals surface area contributed by atoms with Crippen LogP contribution in [0.4, 0.5) is 0 Å². The van der Waals surface area contributed by atoms with Gasteiger partial charge in [0.25, 0.3) is 0 Å². The fourth-order valence-corrected chi connectivity index (χ4v) is 1.37. The van der Waals surface area contributed by atoms with E-state index in [0.717, 1.165) is 17.1 Å². The molecule has 0 aliphatic rings. The molecule has 0 fully saturated rings. The van der Waals surface area contributed by atoms with E-state index in [1.807, 2.05) is 32.0 Å². The Kier molecular flexibility index (Phi) is 3.30. The molecule has 2 aromatic heterocycles. The number of aryl methyl sites for hydroxylation is 2. The highest BCUT2D eigenvalue weighted by atomic mass is 16.5. The highest BCUT2D eigenvalue weighted by molar-refractivity contribution is 5.23. The Hall–Kier alpha value is -2.01. The molecule has 5 nitrogen and oxygen atoms in total. The molecule has 2 aromatic rings. The molecular formula is C12H14N4O. The minimum absolute atomic E-state index is 0.302. The van der Waals surface area contributed by atoms with Gasteiger partial charge in [0.05, 0.1) is 11.9 Å². The van der Waals surface area contributed by atoms with Crippen molar-refractivity contribution in [3.8, 4) is 11.8 Å². The van der Waals surface area contributed by atoms with E-state index in [-0.39, 0.29) is 0 Å². The molecule has 0 saturated carbocycles. The summed E-state index contributed by atoms with van der Waals surface area (Å²) in [5.41, 5.74) is 8.06. The third kappa shape index (κ3) is 2.98. The van der Waals surface area contributed by atoms with Gasteiger partial charge in [0.2, 0.25) is 0 Å². The summed E-state index contributed by atoms with van der Waals surface area (Å²) in [7, 11) is 0. The van der Waals surface area contributed by atoms with E-state index in [0.29, 0.717) is 18.3 Å². The van der Waals surface area contributed by atoms with Crippen molar-refractivity contribution in [2.24, 2.45) is 5.73 Å². The molecule has 0 amide bonds. The predicted octanol–water partition coefficient (Wildman–Crippen LogP) is 1.74. The van der Waals surface area contributed by atoms with Crippen LogP contribution in [0.3, 0.4) is 0 Å². The average Bonchev–Trinajstić information content (AvgIpc) is 2.31. The second-order valence-electron chi connectivity index (χ2n) is 3.72. The molecule has 2 rings (SSSR count). The van der Waals surface area contributed by atoms with Crippen molar-refractivity contribution in [3.63, 3.8) is 0 Å². The van der Waals surface area contributed by atoms with E-state index in [2.05, 4.69) is 15.0 Å². The standard InChI is InChI=1S/C12H14N4O/c1-8-3-4-11(7-14-8)17-12-15-9(2)5-10(6-13)16-12/h3-5,7H,6,13H2,1-2H3. The van der Waals surface area contributed by atoms with Gasteiger partial charge in [0, 0.05) is 17.9 Å². The lowest BCUT2D eigenvalue weighted by atomic mass is 10.3. The molecule has 0 aromatic carbocycles. The Labute approximate surface area is 99.7 Å². The van der Waals surface area contributed by atoms with Gasteiger partial charge >= 0.3 is 6.01 Å². The van der Waals surface area contributed by atoms with Gasteiger partial charge < -0.3 is 10.5 Å². The van der Waals surface area contributed by atoms with Crippen LogP contribution in [0.25, 0.3) is 0 Å². The molecule has 5 heteroatoms. The van der Waals surface area contributed by atoms with Gasteiger partial charge in [0.15, 0.2) is 0 Å². The number of aromatic nitrogens is 3. The summed E-state index contributed by atoms with van der Waals surface area (Å²) in [6.45, 7) is 4.16. The summed E-state index contributed by atoms with van der Waals surface area (Å²) >= 11 is 0. The second kappa shape index (κ2) is 4.88. The van der Waals surface area contributed by atoms with Crippen molar-refractivity contribution in [1.29, 1.82) is 0 Å². The van der Waals surface area contributed by atoms with Crippen molar-refractivity contribution >= 4 is 0 Å². The first kappa shape index (κ1) is 11.5. The Balaban J connectivity index is 2.23. The summed E-state index contributed by atoms with van der Waals surface area (Å²) in [5.74, 6) is 0.615. The van der Waals surface area contributed by atoms with Crippen LogP contribution in [0, 0.1) is 13.8 Å². The SMILES string of the molecule is Cc1ccc(Oc2nc(C)cc(CN)n2)cn1. The van der Waals surface area contributed by atoms with Crippen molar-refractivity contribution in [2.75, 3.05) is 0 Å². The highest BCUT2D eigenvalue weighted by Gasteiger charge is 2.04. The summed E-state index contributed by atoms with van der Waals surface area (Å²) in [4.78, 5) is 12.5. The Morgan fingerprint density at radius 2 is 2.00 bits per heavy atom. The topological polar surface area (TPSA) is 73.9 Å². The minimum Gasteiger partial charge on any atom is -0.423 e. The first-order chi connectivity index (χ1) is 8.17. The third-order valence-electron chi connectivity index (χ3n) is 2.19. The Bertz CT molecular complexity index is 510. The zero-order chi connectivity index (χ0) is 12.3. The maximum absolute atomic E-state index is 5.54.